The van der Waals surface area contributed by atoms with Crippen molar-refractivity contribution in [3.8, 4) is 17.2 Å². The number of piperazine rings is 1. The molecule has 1 fully saturated rings. The van der Waals surface area contributed by atoms with Crippen molar-refractivity contribution in [2.45, 2.75) is 12.6 Å². The molecule has 2 heterocycles. The Morgan fingerprint density at radius 3 is 2.35 bits per heavy atom. The van der Waals surface area contributed by atoms with Gasteiger partial charge in [-0.25, -0.2) is 0 Å². The number of ether oxygens (including phenoxy) is 3. The summed E-state index contributed by atoms with van der Waals surface area (Å²) in [6.45, 7) is 3.62. The number of nitrogens with one attached hydrogen (secondary N) is 1. The van der Waals surface area contributed by atoms with E-state index < -0.39 is 0 Å². The van der Waals surface area contributed by atoms with E-state index in [0.717, 1.165) is 37.5 Å². The van der Waals surface area contributed by atoms with Crippen molar-refractivity contribution < 1.29 is 14.2 Å². The zero-order valence-corrected chi connectivity index (χ0v) is 16.2. The molecule has 1 unspecified atom stereocenters. The van der Waals surface area contributed by atoms with Crippen LogP contribution in [0.25, 0.3) is 0 Å². The summed E-state index contributed by atoms with van der Waals surface area (Å²) in [5.74, 6) is 2.20. The van der Waals surface area contributed by atoms with E-state index in [4.69, 9.17) is 14.2 Å². The van der Waals surface area contributed by atoms with Crippen LogP contribution in [0, 0.1) is 0 Å². The molecule has 1 N–H and O–H groups in total. The number of rotatable bonds is 6. The van der Waals surface area contributed by atoms with Gasteiger partial charge in [0.25, 0.3) is 0 Å². The molecular weight excluding hydrogens is 354 g/mol. The molecule has 1 aromatic heterocycles. The Morgan fingerprint density at radius 2 is 1.69 bits per heavy atom. The number of methoxy groups -OCH3 is 3. The fourth-order valence-corrected chi connectivity index (χ4v) is 3.28. The van der Waals surface area contributed by atoms with Crippen molar-refractivity contribution >= 4 is 12.4 Å². The summed E-state index contributed by atoms with van der Waals surface area (Å²) < 4.78 is 16.4. The van der Waals surface area contributed by atoms with Crippen molar-refractivity contribution in [2.75, 3.05) is 41.0 Å². The second-order valence-corrected chi connectivity index (χ2v) is 5.99. The van der Waals surface area contributed by atoms with Gasteiger partial charge < -0.3 is 19.5 Å². The van der Waals surface area contributed by atoms with Gasteiger partial charge in [-0.05, 0) is 23.8 Å². The molecule has 0 saturated carbocycles. The maximum absolute atomic E-state index is 5.58. The second kappa shape index (κ2) is 9.62. The number of benzene rings is 1. The van der Waals surface area contributed by atoms with Crippen LogP contribution in [0.2, 0.25) is 0 Å². The Hall–Kier alpha value is -2.02. The largest absolute Gasteiger partial charge is 0.496 e. The van der Waals surface area contributed by atoms with Crippen LogP contribution in [0.5, 0.6) is 17.2 Å². The molecular formula is C19H26ClN3O3. The summed E-state index contributed by atoms with van der Waals surface area (Å²) in [6.07, 6.45) is 3.69. The molecule has 142 valence electrons. The van der Waals surface area contributed by atoms with Crippen molar-refractivity contribution in [3.05, 3.63) is 47.8 Å². The fraction of sp³-hybridized carbons (Fsp3) is 0.421. The molecule has 6 nitrogen and oxygen atoms in total. The number of halogens is 1. The molecule has 3 rings (SSSR count). The van der Waals surface area contributed by atoms with Gasteiger partial charge in [0.15, 0.2) is 11.5 Å². The smallest absolute Gasteiger partial charge is 0.164 e. The molecule has 0 bridgehead atoms. The van der Waals surface area contributed by atoms with Crippen LogP contribution >= 0.6 is 12.4 Å². The summed E-state index contributed by atoms with van der Waals surface area (Å²) in [4.78, 5) is 6.58. The van der Waals surface area contributed by atoms with Gasteiger partial charge in [0.2, 0.25) is 0 Å². The SMILES string of the molecule is COc1cc(OC)c(OC)cc1CN1CCNCC1c1ccncc1.Cl. The lowest BCUT2D eigenvalue weighted by Crippen LogP contribution is -2.45. The van der Waals surface area contributed by atoms with E-state index >= 15 is 0 Å². The lowest BCUT2D eigenvalue weighted by atomic mass is 10.0. The summed E-state index contributed by atoms with van der Waals surface area (Å²) in [5, 5.41) is 3.48. The molecule has 1 atom stereocenters. The van der Waals surface area contributed by atoms with Crippen LogP contribution < -0.4 is 19.5 Å². The van der Waals surface area contributed by atoms with Crippen LogP contribution in [-0.4, -0.2) is 50.8 Å². The van der Waals surface area contributed by atoms with E-state index in [1.807, 2.05) is 24.5 Å². The van der Waals surface area contributed by atoms with Gasteiger partial charge >= 0.3 is 0 Å². The molecule has 0 aliphatic carbocycles. The van der Waals surface area contributed by atoms with Crippen molar-refractivity contribution in [3.63, 3.8) is 0 Å². The standard InChI is InChI=1S/C19H25N3O3.ClH/c1-23-17-11-19(25-3)18(24-2)10-15(17)13-22-9-8-21-12-16(22)14-4-6-20-7-5-14;/h4-7,10-11,16,21H,8-9,12-13H2,1-3H3;1H. The van der Waals surface area contributed by atoms with Gasteiger partial charge in [-0.3, -0.25) is 9.88 Å². The zero-order valence-electron chi connectivity index (χ0n) is 15.4. The van der Waals surface area contributed by atoms with Gasteiger partial charge in [-0.1, -0.05) is 0 Å². The Kier molecular flexibility index (Phi) is 7.50. The van der Waals surface area contributed by atoms with Crippen LogP contribution in [0.1, 0.15) is 17.2 Å². The van der Waals surface area contributed by atoms with Crippen molar-refractivity contribution in [1.82, 2.24) is 15.2 Å². The third kappa shape index (κ3) is 4.38. The molecule has 26 heavy (non-hydrogen) atoms. The fourth-order valence-electron chi connectivity index (χ4n) is 3.28. The number of pyridine rings is 1. The van der Waals surface area contributed by atoms with Gasteiger partial charge in [-0.15, -0.1) is 12.4 Å². The highest BCUT2D eigenvalue weighted by Gasteiger charge is 2.25. The molecule has 0 spiro atoms. The highest BCUT2D eigenvalue weighted by molar-refractivity contribution is 5.85. The Labute approximate surface area is 160 Å². The predicted molar refractivity (Wildman–Crippen MR) is 104 cm³/mol. The summed E-state index contributed by atoms with van der Waals surface area (Å²) in [5.41, 5.74) is 2.35. The molecule has 1 aliphatic heterocycles. The van der Waals surface area contributed by atoms with Gasteiger partial charge in [0.05, 0.1) is 21.3 Å². The summed E-state index contributed by atoms with van der Waals surface area (Å²) in [7, 11) is 4.97. The monoisotopic (exact) mass is 379 g/mol. The molecule has 7 heteroatoms. The molecule has 1 aliphatic rings. The van der Waals surface area contributed by atoms with Crippen molar-refractivity contribution in [1.29, 1.82) is 0 Å². The molecule has 1 saturated heterocycles. The first kappa shape index (κ1) is 20.3. The van der Waals surface area contributed by atoms with E-state index in [0.29, 0.717) is 17.5 Å². The van der Waals surface area contributed by atoms with Crippen molar-refractivity contribution in [2.24, 2.45) is 0 Å². The Morgan fingerprint density at radius 1 is 1.04 bits per heavy atom. The first-order valence-corrected chi connectivity index (χ1v) is 8.40. The third-order valence-corrected chi connectivity index (χ3v) is 4.61. The zero-order chi connectivity index (χ0) is 17.6. The van der Waals surface area contributed by atoms with Gasteiger partial charge in [0.1, 0.15) is 5.75 Å². The average Bonchev–Trinajstić information content (AvgIpc) is 2.68. The highest BCUT2D eigenvalue weighted by atomic mass is 35.5. The minimum absolute atomic E-state index is 0. The normalized spacial score (nSPS) is 17.3. The first-order valence-electron chi connectivity index (χ1n) is 8.40. The Balaban J connectivity index is 0.00000243. The van der Waals surface area contributed by atoms with Crippen LogP contribution in [0.15, 0.2) is 36.7 Å². The average molecular weight is 380 g/mol. The van der Waals surface area contributed by atoms with E-state index in [1.54, 1.807) is 21.3 Å². The molecule has 0 amide bonds. The third-order valence-electron chi connectivity index (χ3n) is 4.61. The van der Waals surface area contributed by atoms with E-state index in [1.165, 1.54) is 5.56 Å². The van der Waals surface area contributed by atoms with Gasteiger partial charge in [0, 0.05) is 56.2 Å². The van der Waals surface area contributed by atoms with E-state index in [2.05, 4.69) is 27.3 Å². The number of aromatic nitrogens is 1. The van der Waals surface area contributed by atoms with Crippen LogP contribution in [0.3, 0.4) is 0 Å². The van der Waals surface area contributed by atoms with E-state index in [9.17, 15) is 0 Å². The quantitative estimate of drug-likeness (QED) is 0.832. The number of hydrogen-bond donors (Lipinski definition) is 1. The first-order chi connectivity index (χ1) is 12.3. The molecule has 2 aromatic rings. The van der Waals surface area contributed by atoms with Crippen LogP contribution in [0.4, 0.5) is 0 Å². The molecule has 1 aromatic carbocycles. The highest BCUT2D eigenvalue weighted by Crippen LogP contribution is 2.36. The molecule has 0 radical (unpaired) electrons. The summed E-state index contributed by atoms with van der Waals surface area (Å²) >= 11 is 0. The Bertz CT molecular complexity index is 700. The van der Waals surface area contributed by atoms with Crippen LogP contribution in [-0.2, 0) is 6.54 Å². The minimum atomic E-state index is 0. The summed E-state index contributed by atoms with van der Waals surface area (Å²) in [6, 6.07) is 8.35. The number of nitrogens with zero attached hydrogens (tertiary/aromatic N) is 2. The number of hydrogen-bond acceptors (Lipinski definition) is 6. The maximum Gasteiger partial charge on any atom is 0.164 e. The second-order valence-electron chi connectivity index (χ2n) is 5.99. The lowest BCUT2D eigenvalue weighted by molar-refractivity contribution is 0.152. The van der Waals surface area contributed by atoms with E-state index in [-0.39, 0.29) is 12.4 Å². The minimum Gasteiger partial charge on any atom is -0.496 e. The predicted octanol–water partition coefficient (Wildman–Crippen LogP) is 2.68. The lowest BCUT2D eigenvalue weighted by Gasteiger charge is -2.36. The topological polar surface area (TPSA) is 55.9 Å². The van der Waals surface area contributed by atoms with Gasteiger partial charge in [-0.2, -0.15) is 0 Å². The maximum atomic E-state index is 5.58.